The Hall–Kier alpha value is -2.43. The molecule has 2 aromatic carbocycles. The van der Waals surface area contributed by atoms with Gasteiger partial charge in [0.05, 0.1) is 0 Å². The SMILES string of the molecule is O=C(C[n+]1ccc(CCc2c[nH]c3ccccc23)cc1)c1ccc(Cl)cc1.[Br-]. The molecular formula is C23H20BrClN2O. The van der Waals surface area contributed by atoms with Crippen LogP contribution in [0.4, 0.5) is 0 Å². The molecule has 3 nitrogen and oxygen atoms in total. The summed E-state index contributed by atoms with van der Waals surface area (Å²) < 4.78 is 1.91. The van der Waals surface area contributed by atoms with Crippen LogP contribution in [0.3, 0.4) is 0 Å². The Kier molecular flexibility index (Phi) is 6.65. The zero-order chi connectivity index (χ0) is 18.6. The molecule has 0 saturated carbocycles. The van der Waals surface area contributed by atoms with Crippen molar-refractivity contribution in [3.05, 3.63) is 101 Å². The average molecular weight is 456 g/mol. The van der Waals surface area contributed by atoms with Gasteiger partial charge < -0.3 is 22.0 Å². The fourth-order valence-electron chi connectivity index (χ4n) is 3.27. The van der Waals surface area contributed by atoms with Crippen LogP contribution in [0, 0.1) is 0 Å². The van der Waals surface area contributed by atoms with E-state index in [0.717, 1.165) is 12.8 Å². The van der Waals surface area contributed by atoms with Crippen molar-refractivity contribution < 1.29 is 26.3 Å². The van der Waals surface area contributed by atoms with Crippen LogP contribution in [-0.2, 0) is 19.4 Å². The third kappa shape index (κ3) is 4.70. The van der Waals surface area contributed by atoms with E-state index in [2.05, 4.69) is 41.5 Å². The molecule has 0 atom stereocenters. The first-order chi connectivity index (χ1) is 13.2. The van der Waals surface area contributed by atoms with E-state index in [-0.39, 0.29) is 22.8 Å². The van der Waals surface area contributed by atoms with Gasteiger partial charge in [0.25, 0.3) is 0 Å². The topological polar surface area (TPSA) is 36.7 Å². The molecule has 0 aliphatic rings. The molecule has 2 aromatic heterocycles. The maximum Gasteiger partial charge on any atom is 0.227 e. The van der Waals surface area contributed by atoms with Crippen LogP contribution in [0.15, 0.2) is 79.3 Å². The van der Waals surface area contributed by atoms with Crippen molar-refractivity contribution in [1.82, 2.24) is 4.98 Å². The van der Waals surface area contributed by atoms with Gasteiger partial charge in [-0.05, 0) is 54.3 Å². The number of carbonyl (C=O) groups excluding carboxylic acids is 1. The molecule has 0 saturated heterocycles. The summed E-state index contributed by atoms with van der Waals surface area (Å²) in [4.78, 5) is 15.7. The van der Waals surface area contributed by atoms with Gasteiger partial charge in [-0.25, -0.2) is 0 Å². The molecule has 0 spiro atoms. The molecule has 4 rings (SSSR count). The lowest BCUT2D eigenvalue weighted by atomic mass is 10.0. The fourth-order valence-corrected chi connectivity index (χ4v) is 3.40. The van der Waals surface area contributed by atoms with E-state index in [1.54, 1.807) is 24.3 Å². The van der Waals surface area contributed by atoms with E-state index in [4.69, 9.17) is 11.6 Å². The number of nitrogens with zero attached hydrogens (tertiary/aromatic N) is 1. The quantitative estimate of drug-likeness (QED) is 0.349. The van der Waals surface area contributed by atoms with Gasteiger partial charge in [0.2, 0.25) is 12.3 Å². The summed E-state index contributed by atoms with van der Waals surface area (Å²) in [5.41, 5.74) is 4.45. The molecule has 2 heterocycles. The first-order valence-corrected chi connectivity index (χ1v) is 9.38. The van der Waals surface area contributed by atoms with Crippen LogP contribution >= 0.6 is 11.6 Å². The Balaban J connectivity index is 0.00000225. The molecule has 0 radical (unpaired) electrons. The average Bonchev–Trinajstić information content (AvgIpc) is 3.11. The highest BCUT2D eigenvalue weighted by Crippen LogP contribution is 2.19. The molecule has 4 aromatic rings. The fraction of sp³-hybridized carbons (Fsp3) is 0.130. The van der Waals surface area contributed by atoms with Crippen molar-refractivity contribution in [3.63, 3.8) is 0 Å². The maximum absolute atomic E-state index is 12.3. The minimum absolute atomic E-state index is 0. The number of ketones is 1. The van der Waals surface area contributed by atoms with Crippen LogP contribution in [0.1, 0.15) is 21.5 Å². The van der Waals surface area contributed by atoms with Gasteiger partial charge in [0, 0.05) is 39.8 Å². The van der Waals surface area contributed by atoms with Gasteiger partial charge in [-0.3, -0.25) is 4.79 Å². The highest BCUT2D eigenvalue weighted by atomic mass is 79.9. The second-order valence-corrected chi connectivity index (χ2v) is 7.10. The lowest BCUT2D eigenvalue weighted by Crippen LogP contribution is -3.00. The molecule has 0 aliphatic heterocycles. The second-order valence-electron chi connectivity index (χ2n) is 6.67. The molecular weight excluding hydrogens is 436 g/mol. The molecule has 142 valence electrons. The zero-order valence-corrected chi connectivity index (χ0v) is 17.6. The van der Waals surface area contributed by atoms with Gasteiger partial charge in [-0.15, -0.1) is 0 Å². The number of benzene rings is 2. The molecule has 0 bridgehead atoms. The number of H-pyrrole nitrogens is 1. The first kappa shape index (κ1) is 20.3. The first-order valence-electron chi connectivity index (χ1n) is 9.01. The predicted molar refractivity (Wildman–Crippen MR) is 108 cm³/mol. The minimum Gasteiger partial charge on any atom is -1.00 e. The summed E-state index contributed by atoms with van der Waals surface area (Å²) in [5.74, 6) is 0.0724. The Morgan fingerprint density at radius 3 is 2.39 bits per heavy atom. The summed E-state index contributed by atoms with van der Waals surface area (Å²) in [5, 5.41) is 1.93. The molecule has 0 amide bonds. The van der Waals surface area contributed by atoms with E-state index in [1.165, 1.54) is 22.0 Å². The smallest absolute Gasteiger partial charge is 0.227 e. The van der Waals surface area contributed by atoms with Crippen molar-refractivity contribution in [2.45, 2.75) is 19.4 Å². The number of aryl methyl sites for hydroxylation is 2. The summed E-state index contributed by atoms with van der Waals surface area (Å²) in [6.07, 6.45) is 7.99. The minimum atomic E-state index is 0. The van der Waals surface area contributed by atoms with E-state index >= 15 is 0 Å². The number of aromatic amines is 1. The predicted octanol–water partition coefficient (Wildman–Crippen LogP) is 1.78. The van der Waals surface area contributed by atoms with Gasteiger partial charge >= 0.3 is 0 Å². The van der Waals surface area contributed by atoms with Crippen molar-refractivity contribution in [2.24, 2.45) is 0 Å². The van der Waals surface area contributed by atoms with Crippen LogP contribution in [0.2, 0.25) is 5.02 Å². The van der Waals surface area contributed by atoms with Crippen LogP contribution in [0.5, 0.6) is 0 Å². The number of carbonyl (C=O) groups is 1. The zero-order valence-electron chi connectivity index (χ0n) is 15.2. The number of rotatable bonds is 6. The molecule has 28 heavy (non-hydrogen) atoms. The van der Waals surface area contributed by atoms with Crippen LogP contribution < -0.4 is 21.5 Å². The van der Waals surface area contributed by atoms with Gasteiger partial charge in [0.15, 0.2) is 12.4 Å². The van der Waals surface area contributed by atoms with Crippen molar-refractivity contribution in [1.29, 1.82) is 0 Å². The number of hydrogen-bond donors (Lipinski definition) is 1. The number of aromatic nitrogens is 2. The lowest BCUT2D eigenvalue weighted by Gasteiger charge is -2.02. The summed E-state index contributed by atoms with van der Waals surface area (Å²) in [7, 11) is 0. The van der Waals surface area contributed by atoms with Crippen molar-refractivity contribution in [3.8, 4) is 0 Å². The summed E-state index contributed by atoms with van der Waals surface area (Å²) >= 11 is 5.87. The Morgan fingerprint density at radius 1 is 0.929 bits per heavy atom. The standard InChI is InChI=1S/C23H20ClN2O.BrH/c24-20-9-7-18(8-10-20)23(27)16-26-13-11-17(12-14-26)5-6-19-15-25-22-4-2-1-3-21(19)22;/h1-4,7-15,25H,5-6,16H2;1H/q+1;/p-1. The van der Waals surface area contributed by atoms with E-state index in [0.29, 0.717) is 17.1 Å². The molecule has 5 heteroatoms. The third-order valence-corrected chi connectivity index (χ3v) is 5.06. The number of Topliss-reactive ketones (excluding diaryl/α,β-unsaturated/α-hetero) is 1. The monoisotopic (exact) mass is 454 g/mol. The normalized spacial score (nSPS) is 10.6. The number of nitrogens with one attached hydrogen (secondary N) is 1. The van der Waals surface area contributed by atoms with E-state index in [1.807, 2.05) is 23.0 Å². The number of pyridine rings is 1. The largest absolute Gasteiger partial charge is 1.00 e. The van der Waals surface area contributed by atoms with Crippen LogP contribution in [0.25, 0.3) is 10.9 Å². The van der Waals surface area contributed by atoms with E-state index in [9.17, 15) is 4.79 Å². The summed E-state index contributed by atoms with van der Waals surface area (Å²) in [6, 6.07) is 19.6. The Bertz CT molecular complexity index is 1070. The van der Waals surface area contributed by atoms with Crippen LogP contribution in [-0.4, -0.2) is 10.8 Å². The lowest BCUT2D eigenvalue weighted by molar-refractivity contribution is -0.683. The highest BCUT2D eigenvalue weighted by Gasteiger charge is 2.12. The van der Waals surface area contributed by atoms with Gasteiger partial charge in [0.1, 0.15) is 0 Å². The Morgan fingerprint density at radius 2 is 1.64 bits per heavy atom. The second kappa shape index (κ2) is 9.18. The number of halogens is 2. The maximum atomic E-state index is 12.3. The highest BCUT2D eigenvalue weighted by molar-refractivity contribution is 6.30. The number of fused-ring (bicyclic) bond motifs is 1. The van der Waals surface area contributed by atoms with Gasteiger partial charge in [-0.1, -0.05) is 29.8 Å². The third-order valence-electron chi connectivity index (χ3n) is 4.81. The summed E-state index contributed by atoms with van der Waals surface area (Å²) in [6.45, 7) is 0.324. The Labute approximate surface area is 179 Å². The number of para-hydroxylation sites is 1. The van der Waals surface area contributed by atoms with E-state index < -0.39 is 0 Å². The van der Waals surface area contributed by atoms with Gasteiger partial charge in [-0.2, -0.15) is 4.57 Å². The van der Waals surface area contributed by atoms with Crippen molar-refractivity contribution in [2.75, 3.05) is 0 Å². The molecule has 0 unspecified atom stereocenters. The molecule has 1 N–H and O–H groups in total. The molecule has 0 fully saturated rings. The van der Waals surface area contributed by atoms with Crippen molar-refractivity contribution >= 4 is 28.3 Å². The number of hydrogen-bond acceptors (Lipinski definition) is 1. The molecule has 0 aliphatic carbocycles.